The average molecular weight is 286 g/mol. The summed E-state index contributed by atoms with van der Waals surface area (Å²) < 4.78 is 0. The molecule has 20 heavy (non-hydrogen) atoms. The topological polar surface area (TPSA) is 42.0 Å². The summed E-state index contributed by atoms with van der Waals surface area (Å²) in [6, 6.07) is 10.3. The molecule has 104 valence electrons. The van der Waals surface area contributed by atoms with Crippen molar-refractivity contribution in [1.82, 2.24) is 10.3 Å². The maximum atomic E-state index is 12.1. The molecule has 1 saturated carbocycles. The van der Waals surface area contributed by atoms with Crippen molar-refractivity contribution in [2.24, 2.45) is 5.92 Å². The molecule has 3 nitrogen and oxygen atoms in total. The zero-order valence-corrected chi connectivity index (χ0v) is 12.3. The Hall–Kier alpha value is -1.68. The highest BCUT2D eigenvalue weighted by Crippen LogP contribution is 2.47. The molecular formula is C16H18N2OS. The van der Waals surface area contributed by atoms with Crippen LogP contribution in [0.4, 0.5) is 0 Å². The number of thiazole rings is 1. The summed E-state index contributed by atoms with van der Waals surface area (Å²) in [6.07, 6.45) is 1.80. The SMILES string of the molecule is Cc1nc(CCNC(=O)C2CC2c2ccccc2)cs1. The van der Waals surface area contributed by atoms with E-state index in [9.17, 15) is 4.79 Å². The van der Waals surface area contributed by atoms with E-state index in [2.05, 4.69) is 27.8 Å². The number of aromatic nitrogens is 1. The second-order valence-electron chi connectivity index (χ2n) is 5.26. The van der Waals surface area contributed by atoms with Crippen LogP contribution in [0.2, 0.25) is 0 Å². The summed E-state index contributed by atoms with van der Waals surface area (Å²) in [6.45, 7) is 2.68. The Kier molecular flexibility index (Phi) is 3.83. The fourth-order valence-electron chi connectivity index (χ4n) is 2.52. The van der Waals surface area contributed by atoms with E-state index in [1.165, 1.54) is 5.56 Å². The molecule has 0 spiro atoms. The predicted octanol–water partition coefficient (Wildman–Crippen LogP) is 2.91. The number of benzene rings is 1. The molecule has 1 fully saturated rings. The van der Waals surface area contributed by atoms with Gasteiger partial charge in [-0.15, -0.1) is 11.3 Å². The van der Waals surface area contributed by atoms with E-state index in [0.29, 0.717) is 12.5 Å². The van der Waals surface area contributed by atoms with Crippen LogP contribution in [0.3, 0.4) is 0 Å². The van der Waals surface area contributed by atoms with Crippen LogP contribution >= 0.6 is 11.3 Å². The van der Waals surface area contributed by atoms with Gasteiger partial charge in [0, 0.05) is 24.3 Å². The largest absolute Gasteiger partial charge is 0.355 e. The van der Waals surface area contributed by atoms with Crippen molar-refractivity contribution in [3.05, 3.63) is 52.0 Å². The molecule has 1 aromatic carbocycles. The fraction of sp³-hybridized carbons (Fsp3) is 0.375. The number of carbonyl (C=O) groups excluding carboxylic acids is 1. The van der Waals surface area contributed by atoms with E-state index in [4.69, 9.17) is 0 Å². The van der Waals surface area contributed by atoms with Gasteiger partial charge in [-0.2, -0.15) is 0 Å². The van der Waals surface area contributed by atoms with Crippen molar-refractivity contribution in [3.63, 3.8) is 0 Å². The van der Waals surface area contributed by atoms with Gasteiger partial charge >= 0.3 is 0 Å². The van der Waals surface area contributed by atoms with Crippen LogP contribution < -0.4 is 5.32 Å². The van der Waals surface area contributed by atoms with Gasteiger partial charge in [-0.05, 0) is 24.8 Å². The second-order valence-corrected chi connectivity index (χ2v) is 6.32. The maximum absolute atomic E-state index is 12.1. The summed E-state index contributed by atoms with van der Waals surface area (Å²) in [7, 11) is 0. The van der Waals surface area contributed by atoms with Gasteiger partial charge in [-0.25, -0.2) is 4.98 Å². The number of aryl methyl sites for hydroxylation is 1. The van der Waals surface area contributed by atoms with Gasteiger partial charge in [0.15, 0.2) is 0 Å². The van der Waals surface area contributed by atoms with Crippen molar-refractivity contribution >= 4 is 17.2 Å². The molecule has 1 heterocycles. The van der Waals surface area contributed by atoms with Gasteiger partial charge in [0.05, 0.1) is 10.7 Å². The Morgan fingerprint density at radius 1 is 1.40 bits per heavy atom. The Bertz CT molecular complexity index is 594. The van der Waals surface area contributed by atoms with Crippen LogP contribution in [0.15, 0.2) is 35.7 Å². The van der Waals surface area contributed by atoms with Crippen molar-refractivity contribution < 1.29 is 4.79 Å². The highest BCUT2D eigenvalue weighted by molar-refractivity contribution is 7.09. The van der Waals surface area contributed by atoms with Crippen LogP contribution in [0, 0.1) is 12.8 Å². The van der Waals surface area contributed by atoms with E-state index in [1.807, 2.05) is 25.1 Å². The predicted molar refractivity (Wildman–Crippen MR) is 80.9 cm³/mol. The Balaban J connectivity index is 1.45. The third-order valence-electron chi connectivity index (χ3n) is 3.70. The lowest BCUT2D eigenvalue weighted by molar-refractivity contribution is -0.122. The molecule has 0 radical (unpaired) electrons. The molecule has 2 atom stereocenters. The molecule has 4 heteroatoms. The number of nitrogens with zero attached hydrogens (tertiary/aromatic N) is 1. The van der Waals surface area contributed by atoms with Gasteiger partial charge in [-0.3, -0.25) is 4.79 Å². The lowest BCUT2D eigenvalue weighted by Crippen LogP contribution is -2.27. The second kappa shape index (κ2) is 5.75. The lowest BCUT2D eigenvalue weighted by atomic mass is 10.1. The Labute approximate surface area is 123 Å². The Morgan fingerprint density at radius 2 is 2.20 bits per heavy atom. The summed E-state index contributed by atoms with van der Waals surface area (Å²) in [5.74, 6) is 0.762. The van der Waals surface area contributed by atoms with E-state index in [-0.39, 0.29) is 11.8 Å². The van der Waals surface area contributed by atoms with Gasteiger partial charge in [0.25, 0.3) is 0 Å². The molecule has 2 unspecified atom stereocenters. The molecule has 1 aliphatic carbocycles. The third-order valence-corrected chi connectivity index (χ3v) is 4.52. The first-order valence-corrected chi connectivity index (χ1v) is 7.85. The molecule has 1 aromatic heterocycles. The van der Waals surface area contributed by atoms with Gasteiger partial charge in [0.2, 0.25) is 5.91 Å². The number of hydrogen-bond donors (Lipinski definition) is 1. The van der Waals surface area contributed by atoms with Crippen molar-refractivity contribution in [2.45, 2.75) is 25.7 Å². The summed E-state index contributed by atoms with van der Waals surface area (Å²) in [5.41, 5.74) is 2.35. The van der Waals surface area contributed by atoms with Crippen LogP contribution in [0.1, 0.15) is 28.6 Å². The minimum Gasteiger partial charge on any atom is -0.355 e. The number of carbonyl (C=O) groups is 1. The van der Waals surface area contributed by atoms with Gasteiger partial charge < -0.3 is 5.32 Å². The molecule has 1 N–H and O–H groups in total. The van der Waals surface area contributed by atoms with Crippen LogP contribution in [0.25, 0.3) is 0 Å². The minimum atomic E-state index is 0.162. The maximum Gasteiger partial charge on any atom is 0.223 e. The van der Waals surface area contributed by atoms with Crippen LogP contribution in [-0.2, 0) is 11.2 Å². The first kappa shape index (κ1) is 13.3. The monoisotopic (exact) mass is 286 g/mol. The number of hydrogen-bond acceptors (Lipinski definition) is 3. The third kappa shape index (κ3) is 3.07. The molecule has 1 amide bonds. The molecule has 3 rings (SSSR count). The zero-order valence-electron chi connectivity index (χ0n) is 11.5. The lowest BCUT2D eigenvalue weighted by Gasteiger charge is -2.04. The van der Waals surface area contributed by atoms with Gasteiger partial charge in [-0.1, -0.05) is 30.3 Å². The highest BCUT2D eigenvalue weighted by atomic mass is 32.1. The molecule has 0 aliphatic heterocycles. The first-order chi connectivity index (χ1) is 9.74. The molecule has 0 saturated heterocycles. The molecule has 1 aliphatic rings. The number of rotatable bonds is 5. The van der Waals surface area contributed by atoms with Crippen molar-refractivity contribution in [3.8, 4) is 0 Å². The van der Waals surface area contributed by atoms with E-state index in [1.54, 1.807) is 11.3 Å². The van der Waals surface area contributed by atoms with E-state index < -0.39 is 0 Å². The summed E-state index contributed by atoms with van der Waals surface area (Å²) in [4.78, 5) is 16.5. The van der Waals surface area contributed by atoms with Crippen LogP contribution in [-0.4, -0.2) is 17.4 Å². The smallest absolute Gasteiger partial charge is 0.223 e. The quantitative estimate of drug-likeness (QED) is 0.918. The van der Waals surface area contributed by atoms with Crippen LogP contribution in [0.5, 0.6) is 0 Å². The highest BCUT2D eigenvalue weighted by Gasteiger charge is 2.43. The fourth-order valence-corrected chi connectivity index (χ4v) is 3.17. The summed E-state index contributed by atoms with van der Waals surface area (Å²) in [5, 5.41) is 6.17. The normalized spacial score (nSPS) is 20.6. The first-order valence-electron chi connectivity index (χ1n) is 6.97. The zero-order chi connectivity index (χ0) is 13.9. The van der Waals surface area contributed by atoms with E-state index >= 15 is 0 Å². The van der Waals surface area contributed by atoms with Crippen molar-refractivity contribution in [2.75, 3.05) is 6.54 Å². The standard InChI is InChI=1S/C16H18N2OS/c1-11-18-13(10-20-11)7-8-17-16(19)15-9-14(15)12-5-3-2-4-6-12/h2-6,10,14-15H,7-9H2,1H3,(H,17,19). The van der Waals surface area contributed by atoms with Crippen molar-refractivity contribution in [1.29, 1.82) is 0 Å². The molecular weight excluding hydrogens is 268 g/mol. The summed E-state index contributed by atoms with van der Waals surface area (Å²) >= 11 is 1.66. The molecule has 0 bridgehead atoms. The number of amides is 1. The average Bonchev–Trinajstić information content (AvgIpc) is 3.17. The van der Waals surface area contributed by atoms with E-state index in [0.717, 1.165) is 23.5 Å². The van der Waals surface area contributed by atoms with Gasteiger partial charge in [0.1, 0.15) is 0 Å². The Morgan fingerprint density at radius 3 is 2.90 bits per heavy atom. The minimum absolute atomic E-state index is 0.162. The number of nitrogens with one attached hydrogen (secondary N) is 1. The molecule has 2 aromatic rings.